The first-order valence-corrected chi connectivity index (χ1v) is 15.7. The van der Waals surface area contributed by atoms with E-state index in [9.17, 15) is 14.7 Å². The van der Waals surface area contributed by atoms with Gasteiger partial charge in [-0.1, -0.05) is 37.6 Å². The second-order valence-corrected chi connectivity index (χ2v) is 15.6. The van der Waals surface area contributed by atoms with E-state index in [1.54, 1.807) is 6.92 Å². The van der Waals surface area contributed by atoms with Gasteiger partial charge in [0.25, 0.3) is 0 Å². The Morgan fingerprint density at radius 3 is 2.10 bits per heavy atom. The van der Waals surface area contributed by atoms with Crippen LogP contribution in [0.2, 0.25) is 5.02 Å². The van der Waals surface area contributed by atoms with Gasteiger partial charge < -0.3 is 14.9 Å². The van der Waals surface area contributed by atoms with Gasteiger partial charge in [-0.15, -0.1) is 0 Å². The Kier molecular flexibility index (Phi) is 8.78. The summed E-state index contributed by atoms with van der Waals surface area (Å²) in [5, 5.41) is 11.2. The molecule has 7 heteroatoms. The molecule has 2 amide bonds. The number of carbonyl (C=O) groups is 2. The summed E-state index contributed by atoms with van der Waals surface area (Å²) in [7, 11) is 0. The van der Waals surface area contributed by atoms with Crippen LogP contribution in [0.1, 0.15) is 99.5 Å². The molecule has 40 heavy (non-hydrogen) atoms. The second kappa shape index (κ2) is 11.2. The van der Waals surface area contributed by atoms with Crippen molar-refractivity contribution in [2.45, 2.75) is 123 Å². The van der Waals surface area contributed by atoms with E-state index in [1.165, 1.54) is 0 Å². The van der Waals surface area contributed by atoms with Crippen molar-refractivity contribution >= 4 is 23.4 Å². The Bertz CT molecular complexity index is 1070. The zero-order valence-electron chi connectivity index (χ0n) is 26.1. The number of carbonyl (C=O) groups excluding carboxylic acids is 2. The number of hydrogen-bond acceptors (Lipinski definition) is 4. The van der Waals surface area contributed by atoms with E-state index in [-0.39, 0.29) is 34.9 Å². The first-order valence-electron chi connectivity index (χ1n) is 15.3. The lowest BCUT2D eigenvalue weighted by Crippen LogP contribution is -2.57. The predicted octanol–water partition coefficient (Wildman–Crippen LogP) is 5.89. The molecule has 0 aromatic heterocycles. The van der Waals surface area contributed by atoms with Gasteiger partial charge in [0.05, 0.1) is 23.0 Å². The number of likely N-dealkylation sites (tertiary alicyclic amines) is 2. The number of rotatable bonds is 6. The zero-order valence-corrected chi connectivity index (χ0v) is 26.9. The van der Waals surface area contributed by atoms with E-state index in [0.29, 0.717) is 24.7 Å². The molecule has 2 heterocycles. The first kappa shape index (κ1) is 31.3. The van der Waals surface area contributed by atoms with E-state index < -0.39 is 16.9 Å². The molecule has 1 saturated carbocycles. The fourth-order valence-corrected chi connectivity index (χ4v) is 7.07. The highest BCUT2D eigenvalue weighted by Gasteiger charge is 2.52. The first-order chi connectivity index (χ1) is 18.5. The van der Waals surface area contributed by atoms with Gasteiger partial charge in [-0.3, -0.25) is 14.5 Å². The number of hydrogen-bond donors (Lipinski definition) is 1. The molecule has 1 aliphatic carbocycles. The quantitative estimate of drug-likeness (QED) is 0.461. The summed E-state index contributed by atoms with van der Waals surface area (Å²) in [5.41, 5.74) is -0.236. The molecule has 0 bridgehead atoms. The molecule has 1 aromatic carbocycles. The third kappa shape index (κ3) is 6.10. The highest BCUT2D eigenvalue weighted by molar-refractivity contribution is 6.30. The standard InChI is InChI=1S/C33H52ClN3O3/c1-23(38)32(7,8)28(39)37(26-13-16-31(5,6)17-14-26)27-15-19-35(21-27)29(40)33(24-9-11-25(34)12-10-24)18-20-36(22-33)30(2,3)4/h9-12,23,26-27,38H,13-22H2,1-8H3/t23?,27-,33+/m0/s1. The van der Waals surface area contributed by atoms with Crippen LogP contribution in [0.3, 0.4) is 0 Å². The van der Waals surface area contributed by atoms with Crippen molar-refractivity contribution in [2.75, 3.05) is 26.2 Å². The molecular formula is C33H52ClN3O3. The fraction of sp³-hybridized carbons (Fsp3) is 0.758. The van der Waals surface area contributed by atoms with Crippen LogP contribution < -0.4 is 0 Å². The number of aliphatic hydroxyl groups is 1. The Morgan fingerprint density at radius 2 is 1.57 bits per heavy atom. The maximum atomic E-state index is 14.6. The Labute approximate surface area is 247 Å². The Balaban J connectivity index is 1.62. The average molecular weight is 574 g/mol. The normalized spacial score (nSPS) is 27.1. The number of aliphatic hydroxyl groups excluding tert-OH is 1. The van der Waals surface area contributed by atoms with E-state index in [0.717, 1.165) is 50.6 Å². The van der Waals surface area contributed by atoms with Crippen LogP contribution in [0, 0.1) is 10.8 Å². The van der Waals surface area contributed by atoms with Gasteiger partial charge in [0.1, 0.15) is 0 Å². The van der Waals surface area contributed by atoms with Crippen LogP contribution in [-0.2, 0) is 15.0 Å². The molecule has 3 aliphatic rings. The number of halogens is 1. The van der Waals surface area contributed by atoms with Crippen LogP contribution in [0.25, 0.3) is 0 Å². The summed E-state index contributed by atoms with van der Waals surface area (Å²) < 4.78 is 0. The average Bonchev–Trinajstić information content (AvgIpc) is 3.54. The Hall–Kier alpha value is -1.63. The summed E-state index contributed by atoms with van der Waals surface area (Å²) in [6.07, 6.45) is 4.87. The SMILES string of the molecule is CC(O)C(C)(C)C(=O)N(C1CCC(C)(C)CC1)[C@H]1CCN(C(=O)[C@]2(c3ccc(Cl)cc3)CCN(C(C)(C)C)C2)C1. The topological polar surface area (TPSA) is 64.1 Å². The lowest BCUT2D eigenvalue weighted by atomic mass is 9.74. The molecular weight excluding hydrogens is 522 g/mol. The van der Waals surface area contributed by atoms with E-state index in [2.05, 4.69) is 44.4 Å². The summed E-state index contributed by atoms with van der Waals surface area (Å²) in [4.78, 5) is 35.2. The van der Waals surface area contributed by atoms with Crippen molar-refractivity contribution in [3.05, 3.63) is 34.9 Å². The lowest BCUT2D eigenvalue weighted by Gasteiger charge is -2.46. The maximum absolute atomic E-state index is 14.6. The molecule has 2 aliphatic heterocycles. The van der Waals surface area contributed by atoms with E-state index in [1.807, 2.05) is 43.0 Å². The van der Waals surface area contributed by atoms with Crippen molar-refractivity contribution in [1.29, 1.82) is 0 Å². The molecule has 6 nitrogen and oxygen atoms in total. The van der Waals surface area contributed by atoms with E-state index in [4.69, 9.17) is 11.6 Å². The lowest BCUT2D eigenvalue weighted by molar-refractivity contribution is -0.153. The number of nitrogens with zero attached hydrogens (tertiary/aromatic N) is 3. The van der Waals surface area contributed by atoms with Crippen molar-refractivity contribution in [3.63, 3.8) is 0 Å². The smallest absolute Gasteiger partial charge is 0.234 e. The summed E-state index contributed by atoms with van der Waals surface area (Å²) >= 11 is 6.24. The molecule has 4 rings (SSSR count). The Morgan fingerprint density at radius 1 is 0.975 bits per heavy atom. The zero-order chi connectivity index (χ0) is 29.7. The molecule has 1 unspecified atom stereocenters. The molecule has 2 saturated heterocycles. The highest BCUT2D eigenvalue weighted by atomic mass is 35.5. The minimum Gasteiger partial charge on any atom is -0.392 e. The maximum Gasteiger partial charge on any atom is 0.234 e. The monoisotopic (exact) mass is 573 g/mol. The van der Waals surface area contributed by atoms with Crippen molar-refractivity contribution in [1.82, 2.24) is 14.7 Å². The summed E-state index contributed by atoms with van der Waals surface area (Å²) in [5.74, 6) is 0.176. The minimum atomic E-state index is -0.881. The third-order valence-corrected chi connectivity index (χ3v) is 10.7. The summed E-state index contributed by atoms with van der Waals surface area (Å²) in [6.45, 7) is 19.4. The van der Waals surface area contributed by atoms with E-state index >= 15 is 0 Å². The molecule has 3 atom stereocenters. The van der Waals surface area contributed by atoms with Crippen molar-refractivity contribution in [3.8, 4) is 0 Å². The largest absolute Gasteiger partial charge is 0.392 e. The van der Waals surface area contributed by atoms with Gasteiger partial charge in [0.15, 0.2) is 0 Å². The number of benzene rings is 1. The van der Waals surface area contributed by atoms with Crippen molar-refractivity contribution < 1.29 is 14.7 Å². The van der Waals surface area contributed by atoms with Crippen LogP contribution in [-0.4, -0.2) is 81.5 Å². The molecule has 1 aromatic rings. The predicted molar refractivity (Wildman–Crippen MR) is 162 cm³/mol. The highest BCUT2D eigenvalue weighted by Crippen LogP contribution is 2.43. The van der Waals surface area contributed by atoms with Crippen LogP contribution >= 0.6 is 11.6 Å². The molecule has 0 radical (unpaired) electrons. The van der Waals surface area contributed by atoms with Gasteiger partial charge >= 0.3 is 0 Å². The van der Waals surface area contributed by atoms with Gasteiger partial charge in [-0.2, -0.15) is 0 Å². The van der Waals surface area contributed by atoms with Gasteiger partial charge in [-0.05, 0) is 103 Å². The third-order valence-electron chi connectivity index (χ3n) is 10.4. The molecule has 0 spiro atoms. The van der Waals surface area contributed by atoms with Gasteiger partial charge in [0.2, 0.25) is 11.8 Å². The van der Waals surface area contributed by atoms with Crippen LogP contribution in [0.4, 0.5) is 0 Å². The molecule has 1 N–H and O–H groups in total. The molecule has 3 fully saturated rings. The minimum absolute atomic E-state index is 0.0127. The molecule has 224 valence electrons. The number of amides is 2. The van der Waals surface area contributed by atoms with Crippen LogP contribution in [0.5, 0.6) is 0 Å². The van der Waals surface area contributed by atoms with Gasteiger partial charge in [-0.25, -0.2) is 0 Å². The van der Waals surface area contributed by atoms with Gasteiger partial charge in [0, 0.05) is 42.8 Å². The fourth-order valence-electron chi connectivity index (χ4n) is 6.94. The van der Waals surface area contributed by atoms with Crippen molar-refractivity contribution in [2.24, 2.45) is 10.8 Å². The summed E-state index contributed by atoms with van der Waals surface area (Å²) in [6, 6.07) is 7.92. The second-order valence-electron chi connectivity index (χ2n) is 15.1. The van der Waals surface area contributed by atoms with Crippen LogP contribution in [0.15, 0.2) is 24.3 Å².